The number of aryl methyl sites for hydroxylation is 3. The summed E-state index contributed by atoms with van der Waals surface area (Å²) >= 11 is 1.49. The second-order valence-electron chi connectivity index (χ2n) is 7.10. The van der Waals surface area contributed by atoms with E-state index in [9.17, 15) is 9.59 Å². The zero-order valence-electron chi connectivity index (χ0n) is 16.3. The molecule has 2 N–H and O–H groups in total. The number of hydrogen-bond acceptors (Lipinski definition) is 4. The summed E-state index contributed by atoms with van der Waals surface area (Å²) in [4.78, 5) is 30.0. The summed E-state index contributed by atoms with van der Waals surface area (Å²) in [6, 6.07) is 15.3. The van der Waals surface area contributed by atoms with Crippen LogP contribution in [0.2, 0.25) is 0 Å². The van der Waals surface area contributed by atoms with E-state index in [4.69, 9.17) is 0 Å². The summed E-state index contributed by atoms with van der Waals surface area (Å²) in [5, 5.41) is 6.49. The maximum Gasteiger partial charge on any atom is 0.258 e. The molecule has 0 atom stereocenters. The molecule has 0 radical (unpaired) electrons. The first-order chi connectivity index (χ1) is 14.0. The van der Waals surface area contributed by atoms with E-state index in [1.54, 1.807) is 24.4 Å². The van der Waals surface area contributed by atoms with Gasteiger partial charge in [-0.25, -0.2) is 4.98 Å². The van der Waals surface area contributed by atoms with Crippen molar-refractivity contribution in [2.24, 2.45) is 0 Å². The summed E-state index contributed by atoms with van der Waals surface area (Å²) in [5.41, 5.74) is 5.43. The normalized spacial score (nSPS) is 12.8. The predicted octanol–water partition coefficient (Wildman–Crippen LogP) is 4.99. The van der Waals surface area contributed by atoms with Crippen LogP contribution in [0.3, 0.4) is 0 Å². The summed E-state index contributed by atoms with van der Waals surface area (Å²) in [5.74, 6) is -0.178. The Morgan fingerprint density at radius 3 is 2.79 bits per heavy atom. The molecule has 146 valence electrons. The van der Waals surface area contributed by atoms with Gasteiger partial charge in [0.2, 0.25) is 5.91 Å². The maximum atomic E-state index is 13.0. The lowest BCUT2D eigenvalue weighted by Gasteiger charge is -2.18. The van der Waals surface area contributed by atoms with Crippen molar-refractivity contribution in [3.05, 3.63) is 77.0 Å². The lowest BCUT2D eigenvalue weighted by atomic mass is 10.0. The van der Waals surface area contributed by atoms with Gasteiger partial charge < -0.3 is 10.6 Å². The standard InChI is InChI=1S/C23H21N3O2S/c1-14-5-9-20(15(2)12-14)29-23-18(4-3-11-24-23)22(28)25-17-7-8-19-16(13-17)6-10-21(27)26-19/h3-5,7-9,11-13H,6,10H2,1-2H3,(H,25,28)(H,26,27). The quantitative estimate of drug-likeness (QED) is 0.644. The van der Waals surface area contributed by atoms with Crippen molar-refractivity contribution in [3.8, 4) is 0 Å². The van der Waals surface area contributed by atoms with Crippen molar-refractivity contribution in [1.82, 2.24) is 4.98 Å². The average molecular weight is 404 g/mol. The lowest BCUT2D eigenvalue weighted by molar-refractivity contribution is -0.116. The van der Waals surface area contributed by atoms with E-state index in [0.717, 1.165) is 21.7 Å². The molecule has 0 aliphatic carbocycles. The van der Waals surface area contributed by atoms with Crippen LogP contribution in [0.25, 0.3) is 0 Å². The molecule has 2 amide bonds. The summed E-state index contributed by atoms with van der Waals surface area (Å²) in [7, 11) is 0. The van der Waals surface area contributed by atoms with Gasteiger partial charge in [-0.2, -0.15) is 0 Å². The van der Waals surface area contributed by atoms with E-state index < -0.39 is 0 Å². The minimum atomic E-state index is -0.204. The van der Waals surface area contributed by atoms with Crippen LogP contribution in [-0.4, -0.2) is 16.8 Å². The molecule has 1 aromatic heterocycles. The number of rotatable bonds is 4. The van der Waals surface area contributed by atoms with Gasteiger partial charge in [0.05, 0.1) is 5.56 Å². The number of fused-ring (bicyclic) bond motifs is 1. The molecule has 0 fully saturated rings. The van der Waals surface area contributed by atoms with Gasteiger partial charge in [-0.1, -0.05) is 29.5 Å². The van der Waals surface area contributed by atoms with Crippen molar-refractivity contribution in [1.29, 1.82) is 0 Å². The van der Waals surface area contributed by atoms with Gasteiger partial charge in [0, 0.05) is 28.9 Å². The number of hydrogen-bond donors (Lipinski definition) is 2. The highest BCUT2D eigenvalue weighted by atomic mass is 32.2. The highest BCUT2D eigenvalue weighted by Gasteiger charge is 2.17. The molecule has 0 unspecified atom stereocenters. The first kappa shape index (κ1) is 19.2. The van der Waals surface area contributed by atoms with E-state index >= 15 is 0 Å². The van der Waals surface area contributed by atoms with E-state index in [0.29, 0.717) is 29.1 Å². The van der Waals surface area contributed by atoms with Crippen LogP contribution in [0, 0.1) is 13.8 Å². The van der Waals surface area contributed by atoms with E-state index in [-0.39, 0.29) is 11.8 Å². The molecule has 1 aliphatic rings. The number of pyridine rings is 1. The second kappa shape index (κ2) is 8.09. The van der Waals surface area contributed by atoms with Crippen molar-refractivity contribution < 1.29 is 9.59 Å². The molecular weight excluding hydrogens is 382 g/mol. The zero-order valence-corrected chi connectivity index (χ0v) is 17.1. The maximum absolute atomic E-state index is 13.0. The van der Waals surface area contributed by atoms with Crippen molar-refractivity contribution in [2.75, 3.05) is 10.6 Å². The third-order valence-corrected chi connectivity index (χ3v) is 6.01. The van der Waals surface area contributed by atoms with Gasteiger partial charge in [0.25, 0.3) is 5.91 Å². The Kier molecular flexibility index (Phi) is 5.36. The molecule has 4 rings (SSSR count). The number of nitrogens with one attached hydrogen (secondary N) is 2. The minimum Gasteiger partial charge on any atom is -0.326 e. The van der Waals surface area contributed by atoms with Gasteiger partial charge in [-0.3, -0.25) is 9.59 Å². The largest absolute Gasteiger partial charge is 0.326 e. The number of carbonyl (C=O) groups excluding carboxylic acids is 2. The molecule has 0 saturated carbocycles. The van der Waals surface area contributed by atoms with Crippen LogP contribution in [0.1, 0.15) is 33.5 Å². The highest BCUT2D eigenvalue weighted by molar-refractivity contribution is 7.99. The zero-order chi connectivity index (χ0) is 20.4. The second-order valence-corrected chi connectivity index (χ2v) is 8.13. The summed E-state index contributed by atoms with van der Waals surface area (Å²) < 4.78 is 0. The Bertz CT molecular complexity index is 1110. The average Bonchev–Trinajstić information content (AvgIpc) is 2.70. The Balaban J connectivity index is 1.56. The number of amides is 2. The van der Waals surface area contributed by atoms with Crippen LogP contribution in [0.4, 0.5) is 11.4 Å². The Morgan fingerprint density at radius 1 is 1.10 bits per heavy atom. The van der Waals surface area contributed by atoms with Crippen molar-refractivity contribution in [2.45, 2.75) is 36.6 Å². The van der Waals surface area contributed by atoms with Gasteiger partial charge in [-0.15, -0.1) is 0 Å². The van der Waals surface area contributed by atoms with Crippen LogP contribution < -0.4 is 10.6 Å². The Labute approximate surface area is 173 Å². The lowest BCUT2D eigenvalue weighted by Crippen LogP contribution is -2.19. The van der Waals surface area contributed by atoms with E-state index in [1.165, 1.54) is 17.3 Å². The fraction of sp³-hybridized carbons (Fsp3) is 0.174. The summed E-state index contributed by atoms with van der Waals surface area (Å²) in [6.07, 6.45) is 2.83. The molecule has 0 spiro atoms. The predicted molar refractivity (Wildman–Crippen MR) is 116 cm³/mol. The number of anilines is 2. The number of benzene rings is 2. The fourth-order valence-electron chi connectivity index (χ4n) is 3.32. The minimum absolute atomic E-state index is 0.0257. The monoisotopic (exact) mass is 403 g/mol. The molecule has 1 aliphatic heterocycles. The van der Waals surface area contributed by atoms with Crippen LogP contribution in [-0.2, 0) is 11.2 Å². The number of aromatic nitrogens is 1. The fourth-order valence-corrected chi connectivity index (χ4v) is 4.27. The Morgan fingerprint density at radius 2 is 1.97 bits per heavy atom. The topological polar surface area (TPSA) is 71.1 Å². The van der Waals surface area contributed by atoms with Gasteiger partial charge >= 0.3 is 0 Å². The molecule has 3 aromatic rings. The molecular formula is C23H21N3O2S. The van der Waals surface area contributed by atoms with Crippen molar-refractivity contribution in [3.63, 3.8) is 0 Å². The molecule has 2 heterocycles. The van der Waals surface area contributed by atoms with E-state index in [1.807, 2.05) is 12.1 Å². The molecule has 0 saturated heterocycles. The third kappa shape index (κ3) is 4.32. The molecule has 5 nitrogen and oxygen atoms in total. The van der Waals surface area contributed by atoms with Crippen molar-refractivity contribution >= 4 is 35.0 Å². The Hall–Kier alpha value is -3.12. The SMILES string of the molecule is Cc1ccc(Sc2ncccc2C(=O)Nc2ccc3c(c2)CCC(=O)N3)c(C)c1. The van der Waals surface area contributed by atoms with Gasteiger partial charge in [-0.05, 0) is 67.8 Å². The molecule has 6 heteroatoms. The van der Waals surface area contributed by atoms with Gasteiger partial charge in [0.1, 0.15) is 5.03 Å². The molecule has 29 heavy (non-hydrogen) atoms. The highest BCUT2D eigenvalue weighted by Crippen LogP contribution is 2.32. The van der Waals surface area contributed by atoms with E-state index in [2.05, 4.69) is 47.7 Å². The molecule has 2 aromatic carbocycles. The van der Waals surface area contributed by atoms with Gasteiger partial charge in [0.15, 0.2) is 0 Å². The first-order valence-electron chi connectivity index (χ1n) is 9.44. The number of nitrogens with zero attached hydrogens (tertiary/aromatic N) is 1. The smallest absolute Gasteiger partial charge is 0.258 e. The summed E-state index contributed by atoms with van der Waals surface area (Å²) in [6.45, 7) is 4.12. The van der Waals surface area contributed by atoms with Crippen LogP contribution in [0.5, 0.6) is 0 Å². The third-order valence-electron chi connectivity index (χ3n) is 4.81. The first-order valence-corrected chi connectivity index (χ1v) is 10.3. The van der Waals surface area contributed by atoms with Crippen LogP contribution in [0.15, 0.2) is 64.6 Å². The van der Waals surface area contributed by atoms with Crippen LogP contribution >= 0.6 is 11.8 Å². The number of carbonyl (C=O) groups is 2. The molecule has 0 bridgehead atoms.